The van der Waals surface area contributed by atoms with Crippen molar-refractivity contribution < 1.29 is 15.0 Å². The zero-order valence-electron chi connectivity index (χ0n) is 12.7. The lowest BCUT2D eigenvalue weighted by molar-refractivity contribution is -0.117. The Bertz CT molecular complexity index is 383. The third-order valence-corrected chi connectivity index (χ3v) is 2.59. The molecule has 0 fully saturated rings. The largest absolute Gasteiger partial charge is 0.389 e. The van der Waals surface area contributed by atoms with Gasteiger partial charge in [0.2, 0.25) is 0 Å². The molecule has 0 radical (unpaired) electrons. The quantitative estimate of drug-likeness (QED) is 0.530. The second-order valence-corrected chi connectivity index (χ2v) is 5.34. The molecule has 0 aromatic heterocycles. The van der Waals surface area contributed by atoms with Crippen molar-refractivity contribution in [1.29, 1.82) is 0 Å². The molecule has 0 aliphatic carbocycles. The Morgan fingerprint density at radius 3 is 2.55 bits per heavy atom. The summed E-state index contributed by atoms with van der Waals surface area (Å²) in [5.41, 5.74) is 0. The molecular weight excluding hydrogens is 252 g/mol. The first-order chi connectivity index (χ1) is 9.41. The van der Waals surface area contributed by atoms with Gasteiger partial charge in [0.1, 0.15) is 11.9 Å². The summed E-state index contributed by atoms with van der Waals surface area (Å²) in [6.07, 6.45) is 8.14. The zero-order chi connectivity index (χ0) is 15.4. The number of hydrogen-bond acceptors (Lipinski definition) is 3. The van der Waals surface area contributed by atoms with Crippen molar-refractivity contribution in [2.24, 2.45) is 5.92 Å². The van der Waals surface area contributed by atoms with E-state index in [9.17, 15) is 15.0 Å². The van der Waals surface area contributed by atoms with Gasteiger partial charge in [0.05, 0.1) is 6.10 Å². The standard InChI is InChI=1S/C17H26O3/c1-14(2)13-17(20)11-7-5-4-6-10-16(19)12-8-9-15(3)18/h4-5,7,11,14,16-17,19-20H,8-9,12-13H2,1-3H3/b5-4+,11-7+/t16-,17+/m1/s1. The molecule has 2 N–H and O–H groups in total. The van der Waals surface area contributed by atoms with Gasteiger partial charge in [-0.15, -0.1) is 0 Å². The van der Waals surface area contributed by atoms with Crippen LogP contribution in [0.2, 0.25) is 0 Å². The molecule has 112 valence electrons. The highest BCUT2D eigenvalue weighted by atomic mass is 16.3. The van der Waals surface area contributed by atoms with Crippen molar-refractivity contribution in [2.45, 2.75) is 58.7 Å². The van der Waals surface area contributed by atoms with Gasteiger partial charge >= 0.3 is 0 Å². The summed E-state index contributed by atoms with van der Waals surface area (Å²) in [4.78, 5) is 10.7. The van der Waals surface area contributed by atoms with Gasteiger partial charge in [-0.3, -0.25) is 0 Å². The molecule has 0 saturated carbocycles. The molecule has 0 saturated heterocycles. The monoisotopic (exact) mass is 278 g/mol. The summed E-state index contributed by atoms with van der Waals surface area (Å²) in [5.74, 6) is 6.02. The highest BCUT2D eigenvalue weighted by Gasteiger charge is 2.01. The summed E-state index contributed by atoms with van der Waals surface area (Å²) in [7, 11) is 0. The smallest absolute Gasteiger partial charge is 0.129 e. The van der Waals surface area contributed by atoms with E-state index >= 15 is 0 Å². The lowest BCUT2D eigenvalue weighted by Gasteiger charge is -2.06. The fourth-order valence-corrected chi connectivity index (χ4v) is 1.62. The van der Waals surface area contributed by atoms with Crippen LogP contribution in [0.25, 0.3) is 0 Å². The number of carbonyl (C=O) groups excluding carboxylic acids is 1. The van der Waals surface area contributed by atoms with Crippen molar-refractivity contribution in [2.75, 3.05) is 0 Å². The average molecular weight is 278 g/mol. The topological polar surface area (TPSA) is 57.5 Å². The molecular formula is C17H26O3. The SMILES string of the molecule is CC(=O)CCC[C@H](O)C#C/C=C/C=C/[C@H](O)CC(C)C. The van der Waals surface area contributed by atoms with E-state index in [1.54, 1.807) is 31.2 Å². The van der Waals surface area contributed by atoms with Gasteiger partial charge < -0.3 is 15.0 Å². The maximum atomic E-state index is 10.7. The second kappa shape index (κ2) is 11.5. The van der Waals surface area contributed by atoms with Gasteiger partial charge in [0.25, 0.3) is 0 Å². The van der Waals surface area contributed by atoms with Crippen LogP contribution in [-0.2, 0) is 4.79 Å². The molecule has 0 heterocycles. The van der Waals surface area contributed by atoms with Gasteiger partial charge in [0, 0.05) is 6.42 Å². The van der Waals surface area contributed by atoms with Crippen LogP contribution in [0.3, 0.4) is 0 Å². The van der Waals surface area contributed by atoms with Gasteiger partial charge in [-0.1, -0.05) is 43.9 Å². The van der Waals surface area contributed by atoms with Crippen LogP contribution in [0, 0.1) is 17.8 Å². The second-order valence-electron chi connectivity index (χ2n) is 5.34. The molecule has 20 heavy (non-hydrogen) atoms. The van der Waals surface area contributed by atoms with Crippen LogP contribution in [0.15, 0.2) is 24.3 Å². The molecule has 0 amide bonds. The molecule has 0 bridgehead atoms. The first-order valence-electron chi connectivity index (χ1n) is 7.11. The van der Waals surface area contributed by atoms with Crippen LogP contribution in [0.4, 0.5) is 0 Å². The zero-order valence-corrected chi connectivity index (χ0v) is 12.7. The van der Waals surface area contributed by atoms with Gasteiger partial charge in [-0.25, -0.2) is 0 Å². The maximum Gasteiger partial charge on any atom is 0.129 e. The van der Waals surface area contributed by atoms with E-state index < -0.39 is 12.2 Å². The molecule has 0 rings (SSSR count). The van der Waals surface area contributed by atoms with Crippen molar-refractivity contribution in [3.05, 3.63) is 24.3 Å². The number of aliphatic hydroxyl groups is 2. The molecule has 0 aromatic rings. The first-order valence-corrected chi connectivity index (χ1v) is 7.11. The summed E-state index contributed by atoms with van der Waals surface area (Å²) in [5, 5.41) is 19.1. The van der Waals surface area contributed by atoms with E-state index in [0.717, 1.165) is 6.42 Å². The van der Waals surface area contributed by atoms with Crippen LogP contribution in [-0.4, -0.2) is 28.2 Å². The maximum absolute atomic E-state index is 10.7. The number of ketones is 1. The number of aliphatic hydroxyl groups excluding tert-OH is 2. The van der Waals surface area contributed by atoms with Crippen LogP contribution in [0.5, 0.6) is 0 Å². The lowest BCUT2D eigenvalue weighted by Crippen LogP contribution is -2.05. The van der Waals surface area contributed by atoms with Crippen LogP contribution in [0.1, 0.15) is 46.5 Å². The predicted octanol–water partition coefficient (Wildman–Crippen LogP) is 2.63. The molecule has 3 nitrogen and oxygen atoms in total. The third-order valence-electron chi connectivity index (χ3n) is 2.59. The van der Waals surface area contributed by atoms with E-state index in [1.807, 2.05) is 0 Å². The van der Waals surface area contributed by atoms with Gasteiger partial charge in [-0.2, -0.15) is 0 Å². The molecule has 3 heteroatoms. The average Bonchev–Trinajstić information content (AvgIpc) is 2.32. The van der Waals surface area contributed by atoms with E-state index in [1.165, 1.54) is 0 Å². The Labute approximate surface area is 122 Å². The minimum absolute atomic E-state index is 0.134. The van der Waals surface area contributed by atoms with E-state index in [4.69, 9.17) is 0 Å². The molecule has 0 spiro atoms. The Balaban J connectivity index is 3.91. The fraction of sp³-hybridized carbons (Fsp3) is 0.588. The summed E-state index contributed by atoms with van der Waals surface area (Å²) >= 11 is 0. The highest BCUT2D eigenvalue weighted by Crippen LogP contribution is 2.05. The Hall–Kier alpha value is -1.37. The van der Waals surface area contributed by atoms with Crippen molar-refractivity contribution in [3.8, 4) is 11.8 Å². The molecule has 0 aliphatic heterocycles. The first kappa shape index (κ1) is 18.6. The normalized spacial score (nSPS) is 14.5. The number of allylic oxidation sites excluding steroid dienone is 3. The number of rotatable bonds is 8. The van der Waals surface area contributed by atoms with Crippen molar-refractivity contribution in [1.82, 2.24) is 0 Å². The summed E-state index contributed by atoms with van der Waals surface area (Å²) in [6, 6.07) is 0. The van der Waals surface area contributed by atoms with E-state index in [2.05, 4.69) is 25.7 Å². The van der Waals surface area contributed by atoms with Crippen molar-refractivity contribution >= 4 is 5.78 Å². The molecule has 2 atom stereocenters. The molecule has 0 unspecified atom stereocenters. The lowest BCUT2D eigenvalue weighted by atomic mass is 10.1. The Kier molecular flexibility index (Phi) is 10.7. The van der Waals surface area contributed by atoms with Crippen LogP contribution >= 0.6 is 0 Å². The van der Waals surface area contributed by atoms with Crippen molar-refractivity contribution in [3.63, 3.8) is 0 Å². The van der Waals surface area contributed by atoms with Gasteiger partial charge in [-0.05, 0) is 38.2 Å². The number of carbonyl (C=O) groups is 1. The summed E-state index contributed by atoms with van der Waals surface area (Å²) in [6.45, 7) is 5.67. The Morgan fingerprint density at radius 1 is 1.25 bits per heavy atom. The minimum Gasteiger partial charge on any atom is -0.389 e. The number of Topliss-reactive ketones (excluding diaryl/α,β-unsaturated/α-hetero) is 1. The highest BCUT2D eigenvalue weighted by molar-refractivity contribution is 5.75. The van der Waals surface area contributed by atoms with Gasteiger partial charge in [0.15, 0.2) is 0 Å². The number of hydrogen-bond donors (Lipinski definition) is 2. The van der Waals surface area contributed by atoms with Crippen LogP contribution < -0.4 is 0 Å². The third kappa shape index (κ3) is 13.1. The minimum atomic E-state index is -0.686. The fourth-order valence-electron chi connectivity index (χ4n) is 1.62. The summed E-state index contributed by atoms with van der Waals surface area (Å²) < 4.78 is 0. The predicted molar refractivity (Wildman–Crippen MR) is 82.1 cm³/mol. The van der Waals surface area contributed by atoms with E-state index in [-0.39, 0.29) is 5.78 Å². The molecule has 0 aliphatic rings. The van der Waals surface area contributed by atoms with E-state index in [0.29, 0.717) is 25.2 Å². The molecule has 0 aromatic carbocycles. The Morgan fingerprint density at radius 2 is 1.95 bits per heavy atom.